The maximum atomic E-state index is 2.33. The van der Waals surface area contributed by atoms with Gasteiger partial charge in [0.25, 0.3) is 0 Å². The van der Waals surface area contributed by atoms with Crippen molar-refractivity contribution in [2.75, 3.05) is 0 Å². The zero-order valence-corrected chi connectivity index (χ0v) is 6.88. The lowest BCUT2D eigenvalue weighted by atomic mass is 9.85. The summed E-state index contributed by atoms with van der Waals surface area (Å²) >= 11 is 0. The van der Waals surface area contributed by atoms with E-state index in [4.69, 9.17) is 0 Å². The first-order valence-corrected chi connectivity index (χ1v) is 4.23. The van der Waals surface area contributed by atoms with Gasteiger partial charge < -0.3 is 0 Å². The Hall–Kier alpha value is -0.520. The van der Waals surface area contributed by atoms with Crippen LogP contribution in [0.1, 0.15) is 26.7 Å². The summed E-state index contributed by atoms with van der Waals surface area (Å²) in [6.07, 6.45) is 11.5. The Kier molecular flexibility index (Phi) is 2.73. The summed E-state index contributed by atoms with van der Waals surface area (Å²) in [6, 6.07) is 0. The third kappa shape index (κ3) is 1.50. The molecule has 0 amide bonds. The standard InChI is InChI=1S/C10H16/c1-3-9-7-5-6-8-10(9)4-2/h5-10H,3-4H2,1-2H3/t9-,10?/m0/s1. The Balaban J connectivity index is 2.55. The van der Waals surface area contributed by atoms with Crippen molar-refractivity contribution >= 4 is 0 Å². The van der Waals surface area contributed by atoms with Gasteiger partial charge in [0.2, 0.25) is 0 Å². The van der Waals surface area contributed by atoms with Gasteiger partial charge in [-0.2, -0.15) is 0 Å². The molecule has 0 fully saturated rings. The normalized spacial score (nSPS) is 31.0. The minimum atomic E-state index is 0.801. The molecule has 1 aliphatic rings. The van der Waals surface area contributed by atoms with Gasteiger partial charge in [0.15, 0.2) is 0 Å². The van der Waals surface area contributed by atoms with Crippen LogP contribution in [-0.4, -0.2) is 0 Å². The van der Waals surface area contributed by atoms with Gasteiger partial charge >= 0.3 is 0 Å². The van der Waals surface area contributed by atoms with E-state index in [-0.39, 0.29) is 0 Å². The van der Waals surface area contributed by atoms with Crippen LogP contribution in [-0.2, 0) is 0 Å². The van der Waals surface area contributed by atoms with Crippen molar-refractivity contribution < 1.29 is 0 Å². The fourth-order valence-electron chi connectivity index (χ4n) is 1.58. The van der Waals surface area contributed by atoms with Gasteiger partial charge in [-0.05, 0) is 24.7 Å². The molecule has 2 atom stereocenters. The molecule has 0 heteroatoms. The lowest BCUT2D eigenvalue weighted by Gasteiger charge is -2.20. The Labute approximate surface area is 63.6 Å². The molecule has 0 aromatic heterocycles. The third-order valence-electron chi connectivity index (χ3n) is 2.32. The molecule has 0 nitrogen and oxygen atoms in total. The van der Waals surface area contributed by atoms with E-state index in [1.54, 1.807) is 0 Å². The molecule has 0 aromatic carbocycles. The highest BCUT2D eigenvalue weighted by atomic mass is 14.2. The highest BCUT2D eigenvalue weighted by Gasteiger charge is 2.13. The van der Waals surface area contributed by atoms with Crippen molar-refractivity contribution in [1.82, 2.24) is 0 Å². The zero-order valence-electron chi connectivity index (χ0n) is 6.88. The summed E-state index contributed by atoms with van der Waals surface area (Å²) in [5.74, 6) is 1.60. The Bertz CT molecular complexity index is 124. The highest BCUT2D eigenvalue weighted by Crippen LogP contribution is 2.24. The number of hydrogen-bond donors (Lipinski definition) is 0. The van der Waals surface area contributed by atoms with Crippen molar-refractivity contribution in [2.24, 2.45) is 11.8 Å². The Morgan fingerprint density at radius 1 is 0.900 bits per heavy atom. The van der Waals surface area contributed by atoms with E-state index in [9.17, 15) is 0 Å². The van der Waals surface area contributed by atoms with Crippen molar-refractivity contribution in [3.63, 3.8) is 0 Å². The van der Waals surface area contributed by atoms with E-state index in [1.807, 2.05) is 0 Å². The number of rotatable bonds is 2. The maximum absolute atomic E-state index is 2.33. The van der Waals surface area contributed by atoms with Crippen molar-refractivity contribution in [2.45, 2.75) is 26.7 Å². The molecule has 1 unspecified atom stereocenters. The molecule has 10 heavy (non-hydrogen) atoms. The summed E-state index contributed by atoms with van der Waals surface area (Å²) < 4.78 is 0. The lowest BCUT2D eigenvalue weighted by molar-refractivity contribution is 0.445. The summed E-state index contributed by atoms with van der Waals surface area (Å²) in [5, 5.41) is 0. The molecule has 0 aliphatic heterocycles. The van der Waals surface area contributed by atoms with Crippen LogP contribution in [0.15, 0.2) is 24.3 Å². The van der Waals surface area contributed by atoms with E-state index < -0.39 is 0 Å². The highest BCUT2D eigenvalue weighted by molar-refractivity contribution is 5.13. The van der Waals surface area contributed by atoms with Gasteiger partial charge in [0.05, 0.1) is 0 Å². The molecule has 0 heterocycles. The fourth-order valence-corrected chi connectivity index (χ4v) is 1.58. The van der Waals surface area contributed by atoms with Crippen LogP contribution in [0.4, 0.5) is 0 Å². The van der Waals surface area contributed by atoms with Crippen LogP contribution in [0, 0.1) is 11.8 Å². The van der Waals surface area contributed by atoms with E-state index in [1.165, 1.54) is 12.8 Å². The van der Waals surface area contributed by atoms with Crippen LogP contribution in [0.25, 0.3) is 0 Å². The van der Waals surface area contributed by atoms with Crippen molar-refractivity contribution in [3.8, 4) is 0 Å². The second-order valence-corrected chi connectivity index (χ2v) is 2.91. The molecule has 0 saturated carbocycles. The van der Waals surface area contributed by atoms with Crippen LogP contribution < -0.4 is 0 Å². The molecule has 0 bridgehead atoms. The minimum Gasteiger partial charge on any atom is -0.0809 e. The average Bonchev–Trinajstić information content (AvgIpc) is 2.04. The van der Waals surface area contributed by atoms with E-state index in [0.717, 1.165) is 11.8 Å². The Morgan fingerprint density at radius 2 is 1.30 bits per heavy atom. The van der Waals surface area contributed by atoms with E-state index >= 15 is 0 Å². The first-order chi connectivity index (χ1) is 4.88. The quantitative estimate of drug-likeness (QED) is 0.547. The third-order valence-corrected chi connectivity index (χ3v) is 2.32. The second kappa shape index (κ2) is 3.60. The van der Waals surface area contributed by atoms with E-state index in [0.29, 0.717) is 0 Å². The molecule has 0 saturated heterocycles. The van der Waals surface area contributed by atoms with Gasteiger partial charge in [0.1, 0.15) is 0 Å². The summed E-state index contributed by atoms with van der Waals surface area (Å²) in [5.41, 5.74) is 0. The first kappa shape index (κ1) is 7.59. The predicted molar refractivity (Wildman–Crippen MR) is 45.8 cm³/mol. The monoisotopic (exact) mass is 136 g/mol. The molecular formula is C10H16. The Morgan fingerprint density at radius 3 is 1.60 bits per heavy atom. The molecule has 0 N–H and O–H groups in total. The predicted octanol–water partition coefficient (Wildman–Crippen LogP) is 3.16. The van der Waals surface area contributed by atoms with Crippen LogP contribution in [0.5, 0.6) is 0 Å². The molecule has 56 valence electrons. The maximum Gasteiger partial charge on any atom is -0.0170 e. The van der Waals surface area contributed by atoms with Gasteiger partial charge in [-0.25, -0.2) is 0 Å². The van der Waals surface area contributed by atoms with E-state index in [2.05, 4.69) is 38.2 Å². The topological polar surface area (TPSA) is 0 Å². The lowest BCUT2D eigenvalue weighted by Crippen LogP contribution is -2.10. The van der Waals surface area contributed by atoms with Gasteiger partial charge in [-0.15, -0.1) is 0 Å². The van der Waals surface area contributed by atoms with Crippen LogP contribution in [0.2, 0.25) is 0 Å². The number of hydrogen-bond acceptors (Lipinski definition) is 0. The summed E-state index contributed by atoms with van der Waals surface area (Å²) in [6.45, 7) is 4.52. The number of allylic oxidation sites excluding steroid dienone is 4. The molecule has 0 radical (unpaired) electrons. The van der Waals surface area contributed by atoms with Crippen molar-refractivity contribution in [3.05, 3.63) is 24.3 Å². The van der Waals surface area contributed by atoms with Gasteiger partial charge in [0, 0.05) is 0 Å². The zero-order chi connectivity index (χ0) is 7.40. The fraction of sp³-hybridized carbons (Fsp3) is 0.600. The van der Waals surface area contributed by atoms with Gasteiger partial charge in [-0.1, -0.05) is 38.2 Å². The molecule has 0 aromatic rings. The molecule has 1 aliphatic carbocycles. The smallest absolute Gasteiger partial charge is 0.0170 e. The first-order valence-electron chi connectivity index (χ1n) is 4.23. The van der Waals surface area contributed by atoms with Crippen LogP contribution in [0.3, 0.4) is 0 Å². The van der Waals surface area contributed by atoms with Crippen molar-refractivity contribution in [1.29, 1.82) is 0 Å². The summed E-state index contributed by atoms with van der Waals surface area (Å²) in [4.78, 5) is 0. The average molecular weight is 136 g/mol. The van der Waals surface area contributed by atoms with Crippen LogP contribution >= 0.6 is 0 Å². The molecule has 0 spiro atoms. The second-order valence-electron chi connectivity index (χ2n) is 2.91. The van der Waals surface area contributed by atoms with Gasteiger partial charge in [-0.3, -0.25) is 0 Å². The summed E-state index contributed by atoms with van der Waals surface area (Å²) in [7, 11) is 0. The largest absolute Gasteiger partial charge is 0.0809 e. The molecule has 1 rings (SSSR count). The SMILES string of the molecule is CCC1C=CC=C[C@@H]1CC. The molecular weight excluding hydrogens is 120 g/mol. The minimum absolute atomic E-state index is 0.801.